The van der Waals surface area contributed by atoms with Crippen LogP contribution in [-0.2, 0) is 0 Å². The Morgan fingerprint density at radius 2 is 2.15 bits per heavy atom. The van der Waals surface area contributed by atoms with Gasteiger partial charge in [0.1, 0.15) is 12.8 Å². The van der Waals surface area contributed by atoms with Gasteiger partial charge in [-0.2, -0.15) is 4.73 Å². The van der Waals surface area contributed by atoms with E-state index in [-0.39, 0.29) is 0 Å². The van der Waals surface area contributed by atoms with Crippen molar-refractivity contribution in [2.24, 2.45) is 0 Å². The quantitative estimate of drug-likeness (QED) is 0.680. The molecular weight excluding hydrogens is 162 g/mol. The molecule has 0 N–H and O–H groups in total. The highest BCUT2D eigenvalue weighted by molar-refractivity contribution is 5.82. The molecule has 0 aliphatic rings. The Labute approximate surface area is 77.7 Å². The van der Waals surface area contributed by atoms with Gasteiger partial charge < -0.3 is 4.84 Å². The lowest BCUT2D eigenvalue weighted by atomic mass is 10.2. The fraction of sp³-hybridized carbons (Fsp3) is 0.273. The molecule has 13 heavy (non-hydrogen) atoms. The van der Waals surface area contributed by atoms with Crippen molar-refractivity contribution in [3.05, 3.63) is 36.0 Å². The molecule has 0 bridgehead atoms. The molecule has 2 rings (SSSR count). The average Bonchev–Trinajstić information content (AvgIpc) is 2.46. The van der Waals surface area contributed by atoms with Crippen LogP contribution in [0.25, 0.3) is 10.9 Å². The maximum Gasteiger partial charge on any atom is 0.112 e. The first kappa shape index (κ1) is 8.17. The summed E-state index contributed by atoms with van der Waals surface area (Å²) in [5, 5.41) is 1.20. The highest BCUT2D eigenvalue weighted by Gasteiger charge is 2.04. The normalized spacial score (nSPS) is 10.6. The smallest absolute Gasteiger partial charge is 0.112 e. The Balaban J connectivity index is 2.63. The summed E-state index contributed by atoms with van der Waals surface area (Å²) in [4.78, 5) is 5.40. The second-order valence-electron chi connectivity index (χ2n) is 2.97. The van der Waals surface area contributed by atoms with Crippen molar-refractivity contribution in [3.8, 4) is 0 Å². The fourth-order valence-corrected chi connectivity index (χ4v) is 1.47. The molecule has 2 heteroatoms. The summed E-state index contributed by atoms with van der Waals surface area (Å²) < 4.78 is 1.71. The van der Waals surface area contributed by atoms with E-state index in [2.05, 4.69) is 12.3 Å². The lowest BCUT2D eigenvalue weighted by molar-refractivity contribution is 0.130. The molecule has 1 heterocycles. The summed E-state index contributed by atoms with van der Waals surface area (Å²) in [5.41, 5.74) is 2.21. The Kier molecular flexibility index (Phi) is 1.97. The third-order valence-electron chi connectivity index (χ3n) is 2.05. The Morgan fingerprint density at radius 1 is 1.38 bits per heavy atom. The SMILES string of the molecule is CCOn1[c]c(C)c2ccccc21. The van der Waals surface area contributed by atoms with Crippen LogP contribution in [-0.4, -0.2) is 11.3 Å². The highest BCUT2D eigenvalue weighted by atomic mass is 16.7. The van der Waals surface area contributed by atoms with Crippen molar-refractivity contribution in [3.63, 3.8) is 0 Å². The molecule has 0 fully saturated rings. The topological polar surface area (TPSA) is 14.2 Å². The lowest BCUT2D eigenvalue weighted by Crippen LogP contribution is -2.08. The summed E-state index contributed by atoms with van der Waals surface area (Å²) in [6.45, 7) is 4.67. The van der Waals surface area contributed by atoms with E-state index in [0.717, 1.165) is 11.1 Å². The third kappa shape index (κ3) is 1.28. The van der Waals surface area contributed by atoms with Gasteiger partial charge in [0.05, 0.1) is 5.52 Å². The molecule has 0 saturated carbocycles. The van der Waals surface area contributed by atoms with Gasteiger partial charge in [0, 0.05) is 5.39 Å². The zero-order valence-electron chi connectivity index (χ0n) is 7.87. The van der Waals surface area contributed by atoms with Crippen molar-refractivity contribution in [2.75, 3.05) is 6.61 Å². The molecule has 0 amide bonds. The molecule has 2 aromatic rings. The third-order valence-corrected chi connectivity index (χ3v) is 2.05. The molecule has 1 aromatic carbocycles. The number of fused-ring (bicyclic) bond motifs is 1. The van der Waals surface area contributed by atoms with Gasteiger partial charge in [-0.05, 0) is 25.5 Å². The molecule has 2 nitrogen and oxygen atoms in total. The van der Waals surface area contributed by atoms with Crippen LogP contribution in [0.15, 0.2) is 24.3 Å². The van der Waals surface area contributed by atoms with Crippen LogP contribution in [0.2, 0.25) is 0 Å². The molecule has 67 valence electrons. The number of para-hydroxylation sites is 1. The molecule has 1 aromatic heterocycles. The summed E-state index contributed by atoms with van der Waals surface area (Å²) in [7, 11) is 0. The minimum atomic E-state index is 0.661. The van der Waals surface area contributed by atoms with Gasteiger partial charge in [0.2, 0.25) is 0 Å². The van der Waals surface area contributed by atoms with Crippen LogP contribution in [0.1, 0.15) is 12.5 Å². The average molecular weight is 174 g/mol. The van der Waals surface area contributed by atoms with Gasteiger partial charge in [-0.1, -0.05) is 18.2 Å². The first-order valence-electron chi connectivity index (χ1n) is 4.45. The fourth-order valence-electron chi connectivity index (χ4n) is 1.47. The van der Waals surface area contributed by atoms with Gasteiger partial charge in [-0.15, -0.1) is 0 Å². The van der Waals surface area contributed by atoms with Crippen molar-refractivity contribution in [2.45, 2.75) is 13.8 Å². The second-order valence-corrected chi connectivity index (χ2v) is 2.97. The summed E-state index contributed by atoms with van der Waals surface area (Å²) in [6.07, 6.45) is 3.15. The van der Waals surface area contributed by atoms with Crippen LogP contribution < -0.4 is 4.84 Å². The van der Waals surface area contributed by atoms with E-state index in [0.29, 0.717) is 6.61 Å². The molecule has 0 aliphatic heterocycles. The Bertz CT molecular complexity index is 417. The Hall–Kier alpha value is -1.44. The number of nitrogens with zero attached hydrogens (tertiary/aromatic N) is 1. The molecule has 0 saturated heterocycles. The number of aryl methyl sites for hydroxylation is 1. The van der Waals surface area contributed by atoms with E-state index in [4.69, 9.17) is 4.84 Å². The van der Waals surface area contributed by atoms with E-state index in [1.165, 1.54) is 5.39 Å². The van der Waals surface area contributed by atoms with Crippen LogP contribution in [0.5, 0.6) is 0 Å². The number of aromatic nitrogens is 1. The van der Waals surface area contributed by atoms with Crippen LogP contribution in [0, 0.1) is 13.1 Å². The van der Waals surface area contributed by atoms with Crippen LogP contribution in [0.3, 0.4) is 0 Å². The maximum absolute atomic E-state index is 5.40. The van der Waals surface area contributed by atoms with Crippen molar-refractivity contribution in [1.29, 1.82) is 0 Å². The zero-order valence-corrected chi connectivity index (χ0v) is 7.87. The lowest BCUT2D eigenvalue weighted by Gasteiger charge is -2.03. The molecule has 0 spiro atoms. The molecule has 1 radical (unpaired) electrons. The number of hydrogen-bond acceptors (Lipinski definition) is 1. The van der Waals surface area contributed by atoms with Gasteiger partial charge in [-0.25, -0.2) is 0 Å². The van der Waals surface area contributed by atoms with Crippen molar-refractivity contribution < 1.29 is 4.84 Å². The number of benzene rings is 1. The van der Waals surface area contributed by atoms with E-state index in [1.54, 1.807) is 4.73 Å². The van der Waals surface area contributed by atoms with Gasteiger partial charge in [0.25, 0.3) is 0 Å². The Morgan fingerprint density at radius 3 is 2.92 bits per heavy atom. The summed E-state index contributed by atoms with van der Waals surface area (Å²) >= 11 is 0. The summed E-state index contributed by atoms with van der Waals surface area (Å²) in [5.74, 6) is 0. The first-order valence-corrected chi connectivity index (χ1v) is 4.45. The largest absolute Gasteiger partial charge is 0.413 e. The molecular formula is C11H12NO. The van der Waals surface area contributed by atoms with E-state index in [1.807, 2.05) is 32.0 Å². The van der Waals surface area contributed by atoms with Crippen LogP contribution >= 0.6 is 0 Å². The van der Waals surface area contributed by atoms with Crippen molar-refractivity contribution >= 4 is 10.9 Å². The highest BCUT2D eigenvalue weighted by Crippen LogP contribution is 2.18. The predicted octanol–water partition coefficient (Wildman–Crippen LogP) is 2.20. The minimum absolute atomic E-state index is 0.661. The summed E-state index contributed by atoms with van der Waals surface area (Å²) in [6, 6.07) is 8.15. The first-order chi connectivity index (χ1) is 6.33. The minimum Gasteiger partial charge on any atom is -0.413 e. The number of hydrogen-bond donors (Lipinski definition) is 0. The van der Waals surface area contributed by atoms with E-state index < -0.39 is 0 Å². The second kappa shape index (κ2) is 3.13. The maximum atomic E-state index is 5.40. The molecule has 0 aliphatic carbocycles. The van der Waals surface area contributed by atoms with Gasteiger partial charge in [0.15, 0.2) is 0 Å². The monoisotopic (exact) mass is 174 g/mol. The van der Waals surface area contributed by atoms with E-state index >= 15 is 0 Å². The van der Waals surface area contributed by atoms with E-state index in [9.17, 15) is 0 Å². The van der Waals surface area contributed by atoms with Crippen LogP contribution in [0.4, 0.5) is 0 Å². The zero-order chi connectivity index (χ0) is 9.26. The molecule has 0 atom stereocenters. The van der Waals surface area contributed by atoms with Gasteiger partial charge in [-0.3, -0.25) is 0 Å². The van der Waals surface area contributed by atoms with Gasteiger partial charge >= 0.3 is 0 Å². The standard InChI is InChI=1S/C11H12NO/c1-3-13-12-8-9(2)10-6-4-5-7-11(10)12/h4-7H,3H2,1-2H3. The number of rotatable bonds is 2. The predicted molar refractivity (Wildman–Crippen MR) is 52.6 cm³/mol. The molecule has 0 unspecified atom stereocenters. The van der Waals surface area contributed by atoms with Crippen molar-refractivity contribution in [1.82, 2.24) is 4.73 Å².